The molecule has 2 fully saturated rings. The zero-order valence-corrected chi connectivity index (χ0v) is 15.5. The van der Waals surface area contributed by atoms with Crippen molar-refractivity contribution in [2.75, 3.05) is 0 Å². The van der Waals surface area contributed by atoms with Gasteiger partial charge in [0.2, 0.25) is 6.43 Å². The van der Waals surface area contributed by atoms with E-state index >= 15 is 0 Å². The van der Waals surface area contributed by atoms with E-state index in [4.69, 9.17) is 0 Å². The lowest BCUT2D eigenvalue weighted by molar-refractivity contribution is 0.0491. The SMILES string of the molecule is CCCC1CCC(C2CC=C(C3CCC(C(F)F)CC3)CC2)CC1. The average Bonchev–Trinajstić information content (AvgIpc) is 2.63. The maximum atomic E-state index is 12.8. The highest BCUT2D eigenvalue weighted by Gasteiger charge is 2.32. The molecule has 138 valence electrons. The summed E-state index contributed by atoms with van der Waals surface area (Å²) in [5, 5.41) is 0. The summed E-state index contributed by atoms with van der Waals surface area (Å²) in [5.41, 5.74) is 1.62. The molecular formula is C22H36F2. The first-order chi connectivity index (χ1) is 11.7. The molecule has 3 aliphatic carbocycles. The molecule has 0 radical (unpaired) electrons. The first-order valence-corrected chi connectivity index (χ1v) is 10.6. The molecule has 0 spiro atoms. The minimum Gasteiger partial charge on any atom is -0.210 e. The Bertz CT molecular complexity index is 398. The Morgan fingerprint density at radius 2 is 1.62 bits per heavy atom. The van der Waals surface area contributed by atoms with Crippen LogP contribution in [-0.2, 0) is 0 Å². The Hall–Kier alpha value is -0.400. The number of hydrogen-bond donors (Lipinski definition) is 0. The van der Waals surface area contributed by atoms with Crippen LogP contribution in [0.5, 0.6) is 0 Å². The van der Waals surface area contributed by atoms with Crippen molar-refractivity contribution in [3.63, 3.8) is 0 Å². The summed E-state index contributed by atoms with van der Waals surface area (Å²) >= 11 is 0. The van der Waals surface area contributed by atoms with Crippen molar-refractivity contribution in [2.24, 2.45) is 29.6 Å². The van der Waals surface area contributed by atoms with Gasteiger partial charge in [0.15, 0.2) is 0 Å². The van der Waals surface area contributed by atoms with Crippen molar-refractivity contribution in [2.45, 2.75) is 96.8 Å². The van der Waals surface area contributed by atoms with E-state index in [1.165, 1.54) is 57.8 Å². The predicted octanol–water partition coefficient (Wildman–Crippen LogP) is 7.39. The Morgan fingerprint density at radius 1 is 0.917 bits per heavy atom. The average molecular weight is 339 g/mol. The van der Waals surface area contributed by atoms with Crippen LogP contribution in [0.2, 0.25) is 0 Å². The van der Waals surface area contributed by atoms with Gasteiger partial charge in [-0.25, -0.2) is 8.78 Å². The van der Waals surface area contributed by atoms with Crippen molar-refractivity contribution >= 4 is 0 Å². The van der Waals surface area contributed by atoms with Crippen molar-refractivity contribution < 1.29 is 8.78 Å². The second-order valence-corrected chi connectivity index (χ2v) is 8.83. The third-order valence-corrected chi connectivity index (χ3v) is 7.39. The van der Waals surface area contributed by atoms with Crippen LogP contribution in [0.15, 0.2) is 11.6 Å². The molecule has 1 unspecified atom stereocenters. The van der Waals surface area contributed by atoms with Crippen LogP contribution in [0.25, 0.3) is 0 Å². The summed E-state index contributed by atoms with van der Waals surface area (Å²) in [5.74, 6) is 3.18. The van der Waals surface area contributed by atoms with Crippen LogP contribution < -0.4 is 0 Å². The Kier molecular flexibility index (Phi) is 6.75. The lowest BCUT2D eigenvalue weighted by Gasteiger charge is -2.37. The maximum absolute atomic E-state index is 12.8. The summed E-state index contributed by atoms with van der Waals surface area (Å²) in [6.45, 7) is 2.31. The molecule has 2 saturated carbocycles. The van der Waals surface area contributed by atoms with E-state index in [0.29, 0.717) is 5.92 Å². The lowest BCUT2D eigenvalue weighted by atomic mass is 9.68. The molecule has 2 heteroatoms. The van der Waals surface area contributed by atoms with Crippen molar-refractivity contribution in [3.8, 4) is 0 Å². The predicted molar refractivity (Wildman–Crippen MR) is 97.2 cm³/mol. The summed E-state index contributed by atoms with van der Waals surface area (Å²) in [4.78, 5) is 0. The summed E-state index contributed by atoms with van der Waals surface area (Å²) in [6.07, 6.45) is 16.4. The van der Waals surface area contributed by atoms with Gasteiger partial charge in [-0.3, -0.25) is 0 Å². The van der Waals surface area contributed by atoms with E-state index in [1.807, 2.05) is 0 Å². The van der Waals surface area contributed by atoms with E-state index in [2.05, 4.69) is 13.0 Å². The molecule has 3 rings (SSSR count). The van der Waals surface area contributed by atoms with Gasteiger partial charge in [0.25, 0.3) is 0 Å². The van der Waals surface area contributed by atoms with Crippen LogP contribution in [0.1, 0.15) is 90.4 Å². The standard InChI is InChI=1S/C22H36F2/c1-2-3-16-4-6-17(7-5-16)18-8-10-19(11-9-18)20-12-14-21(15-13-20)22(23)24/h10,16-18,20-22H,2-9,11-15H2,1H3. The third kappa shape index (κ3) is 4.61. The number of hydrogen-bond acceptors (Lipinski definition) is 0. The monoisotopic (exact) mass is 338 g/mol. The minimum atomic E-state index is -2.10. The minimum absolute atomic E-state index is 0.323. The number of rotatable bonds is 5. The molecular weight excluding hydrogens is 302 g/mol. The zero-order chi connectivity index (χ0) is 16.9. The summed E-state index contributed by atoms with van der Waals surface area (Å²) in [6, 6.07) is 0. The first-order valence-electron chi connectivity index (χ1n) is 10.6. The van der Waals surface area contributed by atoms with Gasteiger partial charge in [-0.15, -0.1) is 0 Å². The lowest BCUT2D eigenvalue weighted by Crippen LogP contribution is -2.25. The maximum Gasteiger partial charge on any atom is 0.241 e. The fourth-order valence-corrected chi connectivity index (χ4v) is 5.77. The van der Waals surface area contributed by atoms with E-state index in [-0.39, 0.29) is 5.92 Å². The second-order valence-electron chi connectivity index (χ2n) is 8.83. The second kappa shape index (κ2) is 8.81. The van der Waals surface area contributed by atoms with E-state index in [1.54, 1.807) is 5.57 Å². The van der Waals surface area contributed by atoms with Gasteiger partial charge in [0.05, 0.1) is 0 Å². The number of allylic oxidation sites excluding steroid dienone is 2. The number of halogens is 2. The normalized spacial score (nSPS) is 38.2. The Morgan fingerprint density at radius 3 is 2.17 bits per heavy atom. The van der Waals surface area contributed by atoms with Gasteiger partial charge < -0.3 is 0 Å². The fraction of sp³-hybridized carbons (Fsp3) is 0.909. The largest absolute Gasteiger partial charge is 0.241 e. The molecule has 3 aliphatic rings. The Balaban J connectivity index is 1.43. The van der Waals surface area contributed by atoms with E-state index < -0.39 is 6.43 Å². The smallest absolute Gasteiger partial charge is 0.210 e. The van der Waals surface area contributed by atoms with Gasteiger partial charge >= 0.3 is 0 Å². The highest BCUT2D eigenvalue weighted by Crippen LogP contribution is 2.44. The van der Waals surface area contributed by atoms with Gasteiger partial charge in [-0.2, -0.15) is 0 Å². The van der Waals surface area contributed by atoms with Crippen molar-refractivity contribution in [3.05, 3.63) is 11.6 Å². The fourth-order valence-electron chi connectivity index (χ4n) is 5.77. The molecule has 0 nitrogen and oxygen atoms in total. The zero-order valence-electron chi connectivity index (χ0n) is 15.5. The number of alkyl halides is 2. The van der Waals surface area contributed by atoms with E-state index in [0.717, 1.165) is 43.4 Å². The molecule has 0 amide bonds. The van der Waals surface area contributed by atoms with Gasteiger partial charge in [-0.1, -0.05) is 44.3 Å². The third-order valence-electron chi connectivity index (χ3n) is 7.39. The molecule has 0 bridgehead atoms. The van der Waals surface area contributed by atoms with Gasteiger partial charge in [0, 0.05) is 5.92 Å². The molecule has 0 N–H and O–H groups in total. The van der Waals surface area contributed by atoms with Crippen LogP contribution in [0.3, 0.4) is 0 Å². The highest BCUT2D eigenvalue weighted by atomic mass is 19.3. The van der Waals surface area contributed by atoms with Crippen molar-refractivity contribution in [1.82, 2.24) is 0 Å². The van der Waals surface area contributed by atoms with Crippen LogP contribution in [0, 0.1) is 29.6 Å². The van der Waals surface area contributed by atoms with Crippen LogP contribution >= 0.6 is 0 Å². The van der Waals surface area contributed by atoms with E-state index in [9.17, 15) is 8.78 Å². The molecule has 24 heavy (non-hydrogen) atoms. The highest BCUT2D eigenvalue weighted by molar-refractivity contribution is 5.12. The molecule has 0 heterocycles. The Labute approximate surface area is 147 Å². The molecule has 0 aliphatic heterocycles. The molecule has 0 aromatic rings. The van der Waals surface area contributed by atoms with Gasteiger partial charge in [-0.05, 0) is 81.5 Å². The molecule has 0 aromatic carbocycles. The quantitative estimate of drug-likeness (QED) is 0.458. The molecule has 0 saturated heterocycles. The first kappa shape index (κ1) is 18.4. The van der Waals surface area contributed by atoms with Crippen molar-refractivity contribution in [1.29, 1.82) is 0 Å². The van der Waals surface area contributed by atoms with Gasteiger partial charge in [0.1, 0.15) is 0 Å². The topological polar surface area (TPSA) is 0 Å². The summed E-state index contributed by atoms with van der Waals surface area (Å²) in [7, 11) is 0. The molecule has 1 atom stereocenters. The van der Waals surface area contributed by atoms with Crippen LogP contribution in [-0.4, -0.2) is 6.43 Å². The molecule has 0 aromatic heterocycles. The summed E-state index contributed by atoms with van der Waals surface area (Å²) < 4.78 is 25.6. The van der Waals surface area contributed by atoms with Crippen LogP contribution in [0.4, 0.5) is 8.78 Å².